The maximum Gasteiger partial charge on any atom is 0.0545 e. The van der Waals surface area contributed by atoms with Gasteiger partial charge in [0.2, 0.25) is 0 Å². The van der Waals surface area contributed by atoms with Crippen LogP contribution in [0.1, 0.15) is 57.6 Å². The fraction of sp³-hybridized carbons (Fsp3) is 0.625. The summed E-state index contributed by atoms with van der Waals surface area (Å²) < 4.78 is 0. The molecular formula is C16H26O. The first-order valence-corrected chi connectivity index (χ1v) is 6.76. The molecule has 0 heterocycles. The van der Waals surface area contributed by atoms with Crippen molar-refractivity contribution in [2.24, 2.45) is 5.92 Å². The predicted molar refractivity (Wildman–Crippen MR) is 74.3 cm³/mol. The smallest absolute Gasteiger partial charge is 0.0545 e. The Bertz CT molecular complexity index is 311. The summed E-state index contributed by atoms with van der Waals surface area (Å²) in [5.74, 6) is 1.17. The average molecular weight is 234 g/mol. The molecule has 0 aliphatic heterocycles. The molecule has 1 aromatic rings. The second-order valence-electron chi connectivity index (χ2n) is 5.72. The van der Waals surface area contributed by atoms with Crippen molar-refractivity contribution in [1.29, 1.82) is 0 Å². The van der Waals surface area contributed by atoms with Gasteiger partial charge in [-0.15, -0.1) is 0 Å². The molecule has 0 aliphatic carbocycles. The van der Waals surface area contributed by atoms with Crippen LogP contribution in [0.15, 0.2) is 24.3 Å². The molecular weight excluding hydrogens is 208 g/mol. The van der Waals surface area contributed by atoms with Crippen LogP contribution in [0.5, 0.6) is 0 Å². The molecule has 0 bridgehead atoms. The van der Waals surface area contributed by atoms with Gasteiger partial charge < -0.3 is 5.11 Å². The summed E-state index contributed by atoms with van der Waals surface area (Å²) in [6.45, 7) is 8.73. The Labute approximate surface area is 106 Å². The third-order valence-electron chi connectivity index (χ3n) is 3.16. The molecule has 0 radical (unpaired) electrons. The van der Waals surface area contributed by atoms with Crippen molar-refractivity contribution in [1.82, 2.24) is 0 Å². The van der Waals surface area contributed by atoms with Crippen molar-refractivity contribution >= 4 is 0 Å². The molecule has 1 unspecified atom stereocenters. The molecule has 0 amide bonds. The topological polar surface area (TPSA) is 20.2 Å². The van der Waals surface area contributed by atoms with E-state index in [4.69, 9.17) is 0 Å². The number of hydrogen-bond donors (Lipinski definition) is 1. The van der Waals surface area contributed by atoms with E-state index in [9.17, 15) is 5.11 Å². The Balaban J connectivity index is 2.42. The van der Waals surface area contributed by atoms with E-state index in [2.05, 4.69) is 52.0 Å². The lowest BCUT2D eigenvalue weighted by atomic mass is 9.97. The first-order valence-electron chi connectivity index (χ1n) is 6.76. The highest BCUT2D eigenvalue weighted by molar-refractivity contribution is 5.24. The monoisotopic (exact) mass is 234 g/mol. The van der Waals surface area contributed by atoms with E-state index < -0.39 is 0 Å². The highest BCUT2D eigenvalue weighted by Gasteiger charge is 2.07. The summed E-state index contributed by atoms with van der Waals surface area (Å²) >= 11 is 0. The van der Waals surface area contributed by atoms with Crippen molar-refractivity contribution < 1.29 is 5.11 Å². The lowest BCUT2D eigenvalue weighted by Gasteiger charge is -2.13. The first-order chi connectivity index (χ1) is 7.99. The van der Waals surface area contributed by atoms with Gasteiger partial charge in [0.25, 0.3) is 0 Å². The SMILES string of the molecule is CC(C)CC(O)CCc1ccc(C(C)C)cc1. The Kier molecular flexibility index (Phi) is 5.70. The number of aryl methyl sites for hydroxylation is 1. The second-order valence-corrected chi connectivity index (χ2v) is 5.72. The Hall–Kier alpha value is -0.820. The molecule has 17 heavy (non-hydrogen) atoms. The second kappa shape index (κ2) is 6.80. The molecule has 1 atom stereocenters. The molecule has 0 saturated heterocycles. The molecule has 1 N–H and O–H groups in total. The molecule has 0 aliphatic rings. The van der Waals surface area contributed by atoms with Gasteiger partial charge in [0, 0.05) is 0 Å². The normalized spacial score (nSPS) is 13.4. The van der Waals surface area contributed by atoms with Gasteiger partial charge in [-0.1, -0.05) is 52.0 Å². The van der Waals surface area contributed by atoms with Crippen LogP contribution in [0.3, 0.4) is 0 Å². The molecule has 1 heteroatoms. The van der Waals surface area contributed by atoms with Crippen LogP contribution in [0, 0.1) is 5.92 Å². The highest BCUT2D eigenvalue weighted by atomic mass is 16.3. The minimum atomic E-state index is -0.153. The van der Waals surface area contributed by atoms with Crippen LogP contribution in [-0.2, 0) is 6.42 Å². The fourth-order valence-electron chi connectivity index (χ4n) is 2.06. The molecule has 0 spiro atoms. The van der Waals surface area contributed by atoms with Gasteiger partial charge in [-0.3, -0.25) is 0 Å². The standard InChI is InChI=1S/C16H26O/c1-12(2)11-16(17)10-7-14-5-8-15(9-6-14)13(3)4/h5-6,8-9,12-13,16-17H,7,10-11H2,1-4H3. The van der Waals surface area contributed by atoms with E-state index in [1.165, 1.54) is 11.1 Å². The summed E-state index contributed by atoms with van der Waals surface area (Å²) in [5, 5.41) is 9.82. The van der Waals surface area contributed by atoms with E-state index in [-0.39, 0.29) is 6.10 Å². The minimum Gasteiger partial charge on any atom is -0.393 e. The lowest BCUT2D eigenvalue weighted by molar-refractivity contribution is 0.140. The van der Waals surface area contributed by atoms with E-state index in [1.54, 1.807) is 0 Å². The molecule has 1 aromatic carbocycles. The third-order valence-corrected chi connectivity index (χ3v) is 3.16. The van der Waals surface area contributed by atoms with Gasteiger partial charge >= 0.3 is 0 Å². The third kappa shape index (κ3) is 5.36. The van der Waals surface area contributed by atoms with Gasteiger partial charge in [0.15, 0.2) is 0 Å². The predicted octanol–water partition coefficient (Wildman–Crippen LogP) is 4.15. The zero-order chi connectivity index (χ0) is 12.8. The van der Waals surface area contributed by atoms with E-state index in [0.29, 0.717) is 11.8 Å². The Morgan fingerprint density at radius 1 is 1.00 bits per heavy atom. The van der Waals surface area contributed by atoms with Gasteiger partial charge in [-0.05, 0) is 42.2 Å². The Morgan fingerprint density at radius 2 is 1.59 bits per heavy atom. The number of rotatable bonds is 6. The van der Waals surface area contributed by atoms with Crippen molar-refractivity contribution in [2.45, 2.75) is 59.0 Å². The van der Waals surface area contributed by atoms with E-state index in [0.717, 1.165) is 19.3 Å². The summed E-state index contributed by atoms with van der Waals surface area (Å²) in [7, 11) is 0. The molecule has 0 saturated carbocycles. The highest BCUT2D eigenvalue weighted by Crippen LogP contribution is 2.16. The lowest BCUT2D eigenvalue weighted by Crippen LogP contribution is -2.11. The van der Waals surface area contributed by atoms with Crippen LogP contribution >= 0.6 is 0 Å². The van der Waals surface area contributed by atoms with Crippen molar-refractivity contribution in [3.63, 3.8) is 0 Å². The van der Waals surface area contributed by atoms with Crippen LogP contribution in [0.2, 0.25) is 0 Å². The number of benzene rings is 1. The molecule has 1 nitrogen and oxygen atoms in total. The molecule has 0 fully saturated rings. The molecule has 96 valence electrons. The van der Waals surface area contributed by atoms with E-state index in [1.807, 2.05) is 0 Å². The largest absolute Gasteiger partial charge is 0.393 e. The fourth-order valence-corrected chi connectivity index (χ4v) is 2.06. The van der Waals surface area contributed by atoms with Gasteiger partial charge in [0.05, 0.1) is 6.10 Å². The maximum absolute atomic E-state index is 9.82. The Morgan fingerprint density at radius 3 is 2.06 bits per heavy atom. The minimum absolute atomic E-state index is 0.153. The summed E-state index contributed by atoms with van der Waals surface area (Å²) in [4.78, 5) is 0. The zero-order valence-electron chi connectivity index (χ0n) is 11.6. The maximum atomic E-state index is 9.82. The van der Waals surface area contributed by atoms with Gasteiger partial charge in [-0.25, -0.2) is 0 Å². The number of aliphatic hydroxyl groups is 1. The van der Waals surface area contributed by atoms with Crippen LogP contribution < -0.4 is 0 Å². The van der Waals surface area contributed by atoms with Crippen LogP contribution in [0.25, 0.3) is 0 Å². The average Bonchev–Trinajstić information content (AvgIpc) is 2.26. The van der Waals surface area contributed by atoms with Gasteiger partial charge in [0.1, 0.15) is 0 Å². The van der Waals surface area contributed by atoms with E-state index >= 15 is 0 Å². The summed E-state index contributed by atoms with van der Waals surface area (Å²) in [5.41, 5.74) is 2.72. The van der Waals surface area contributed by atoms with Crippen LogP contribution in [0.4, 0.5) is 0 Å². The van der Waals surface area contributed by atoms with Crippen molar-refractivity contribution in [3.8, 4) is 0 Å². The summed E-state index contributed by atoms with van der Waals surface area (Å²) in [6, 6.07) is 8.79. The van der Waals surface area contributed by atoms with Crippen molar-refractivity contribution in [2.75, 3.05) is 0 Å². The number of aliphatic hydroxyl groups excluding tert-OH is 1. The quantitative estimate of drug-likeness (QED) is 0.784. The van der Waals surface area contributed by atoms with Gasteiger partial charge in [-0.2, -0.15) is 0 Å². The summed E-state index contributed by atoms with van der Waals surface area (Å²) in [6.07, 6.45) is 2.61. The molecule has 1 rings (SSSR count). The first kappa shape index (κ1) is 14.2. The van der Waals surface area contributed by atoms with Crippen molar-refractivity contribution in [3.05, 3.63) is 35.4 Å². The van der Waals surface area contributed by atoms with Crippen LogP contribution in [-0.4, -0.2) is 11.2 Å². The zero-order valence-corrected chi connectivity index (χ0v) is 11.6. The number of hydrogen-bond acceptors (Lipinski definition) is 1. The molecule has 0 aromatic heterocycles.